The molecule has 2 amide bonds. The Morgan fingerprint density at radius 2 is 1.80 bits per heavy atom. The second-order valence-corrected chi connectivity index (χ2v) is 6.27. The molecule has 5 heteroatoms. The fraction of sp³-hybridized carbons (Fsp3) is 0.350. The SMILES string of the molecule is CC(=O)N(CCC(=O)NCc1ccccn1)c1c(C)cc(C)cc1C. The van der Waals surface area contributed by atoms with Crippen molar-refractivity contribution in [3.05, 3.63) is 58.9 Å². The van der Waals surface area contributed by atoms with Gasteiger partial charge in [-0.3, -0.25) is 14.6 Å². The van der Waals surface area contributed by atoms with Crippen LogP contribution in [0.1, 0.15) is 35.7 Å². The summed E-state index contributed by atoms with van der Waals surface area (Å²) >= 11 is 0. The highest BCUT2D eigenvalue weighted by Gasteiger charge is 2.17. The van der Waals surface area contributed by atoms with E-state index in [2.05, 4.69) is 22.4 Å². The first-order valence-electron chi connectivity index (χ1n) is 8.41. The highest BCUT2D eigenvalue weighted by atomic mass is 16.2. The van der Waals surface area contributed by atoms with Crippen molar-refractivity contribution in [2.45, 2.75) is 40.7 Å². The number of amides is 2. The summed E-state index contributed by atoms with van der Waals surface area (Å²) in [5, 5.41) is 2.84. The van der Waals surface area contributed by atoms with Crippen molar-refractivity contribution in [2.75, 3.05) is 11.4 Å². The Bertz CT molecular complexity index is 734. The van der Waals surface area contributed by atoms with Crippen LogP contribution in [0.15, 0.2) is 36.5 Å². The predicted octanol–water partition coefficient (Wildman–Crippen LogP) is 3.07. The van der Waals surface area contributed by atoms with Crippen molar-refractivity contribution in [3.63, 3.8) is 0 Å². The first-order valence-corrected chi connectivity index (χ1v) is 8.41. The van der Waals surface area contributed by atoms with Gasteiger partial charge in [0.1, 0.15) is 0 Å². The fourth-order valence-corrected chi connectivity index (χ4v) is 3.02. The molecular weight excluding hydrogens is 314 g/mol. The second-order valence-electron chi connectivity index (χ2n) is 6.27. The van der Waals surface area contributed by atoms with Gasteiger partial charge in [0, 0.05) is 31.8 Å². The Kier molecular flexibility index (Phi) is 6.28. The van der Waals surface area contributed by atoms with Crippen LogP contribution in [0.2, 0.25) is 0 Å². The minimum absolute atomic E-state index is 0.0624. The van der Waals surface area contributed by atoms with Crippen LogP contribution in [0.5, 0.6) is 0 Å². The Morgan fingerprint density at radius 3 is 2.36 bits per heavy atom. The van der Waals surface area contributed by atoms with E-state index in [0.717, 1.165) is 28.1 Å². The molecule has 0 unspecified atom stereocenters. The third kappa shape index (κ3) is 5.14. The lowest BCUT2D eigenvalue weighted by Gasteiger charge is -2.25. The summed E-state index contributed by atoms with van der Waals surface area (Å²) in [6.45, 7) is 8.30. The smallest absolute Gasteiger partial charge is 0.223 e. The molecule has 0 bridgehead atoms. The van der Waals surface area contributed by atoms with Crippen LogP contribution in [-0.2, 0) is 16.1 Å². The number of aromatic nitrogens is 1. The number of pyridine rings is 1. The van der Waals surface area contributed by atoms with Gasteiger partial charge in [-0.05, 0) is 44.0 Å². The average Bonchev–Trinajstić information content (AvgIpc) is 2.55. The summed E-state index contributed by atoms with van der Waals surface area (Å²) in [7, 11) is 0. The monoisotopic (exact) mass is 339 g/mol. The number of hydrogen-bond acceptors (Lipinski definition) is 3. The number of nitrogens with one attached hydrogen (secondary N) is 1. The summed E-state index contributed by atoms with van der Waals surface area (Å²) in [5.74, 6) is -0.160. The maximum absolute atomic E-state index is 12.1. The molecule has 0 aliphatic rings. The molecule has 25 heavy (non-hydrogen) atoms. The topological polar surface area (TPSA) is 62.3 Å². The van der Waals surface area contributed by atoms with Gasteiger partial charge in [-0.2, -0.15) is 0 Å². The van der Waals surface area contributed by atoms with E-state index < -0.39 is 0 Å². The molecule has 0 spiro atoms. The number of benzene rings is 1. The lowest BCUT2D eigenvalue weighted by molar-refractivity contribution is -0.121. The quantitative estimate of drug-likeness (QED) is 0.880. The second kappa shape index (κ2) is 8.42. The van der Waals surface area contributed by atoms with E-state index in [1.54, 1.807) is 11.1 Å². The summed E-state index contributed by atoms with van der Waals surface area (Å²) in [6, 6.07) is 9.69. The van der Waals surface area contributed by atoms with Crippen molar-refractivity contribution >= 4 is 17.5 Å². The molecule has 2 rings (SSSR count). The number of hydrogen-bond donors (Lipinski definition) is 1. The number of rotatable bonds is 6. The third-order valence-electron chi connectivity index (χ3n) is 4.04. The number of anilines is 1. The Hall–Kier alpha value is -2.69. The van der Waals surface area contributed by atoms with Gasteiger partial charge in [0.25, 0.3) is 0 Å². The molecule has 2 aromatic rings. The van der Waals surface area contributed by atoms with Gasteiger partial charge in [-0.15, -0.1) is 0 Å². The lowest BCUT2D eigenvalue weighted by atomic mass is 10.0. The molecule has 5 nitrogen and oxygen atoms in total. The zero-order valence-corrected chi connectivity index (χ0v) is 15.3. The Morgan fingerprint density at radius 1 is 1.12 bits per heavy atom. The first-order chi connectivity index (χ1) is 11.9. The minimum Gasteiger partial charge on any atom is -0.350 e. The van der Waals surface area contributed by atoms with Crippen LogP contribution >= 0.6 is 0 Å². The first kappa shape index (κ1) is 18.6. The van der Waals surface area contributed by atoms with Crippen LogP contribution in [0.25, 0.3) is 0 Å². The summed E-state index contributed by atoms with van der Waals surface area (Å²) in [6.07, 6.45) is 1.95. The summed E-state index contributed by atoms with van der Waals surface area (Å²) in [4.78, 5) is 30.1. The van der Waals surface area contributed by atoms with E-state index >= 15 is 0 Å². The molecule has 0 aliphatic carbocycles. The number of aryl methyl sites for hydroxylation is 3. The van der Waals surface area contributed by atoms with Gasteiger partial charge in [0.2, 0.25) is 11.8 Å². The zero-order chi connectivity index (χ0) is 18.4. The number of carbonyl (C=O) groups excluding carboxylic acids is 2. The number of carbonyl (C=O) groups is 2. The van der Waals surface area contributed by atoms with Crippen molar-refractivity contribution in [1.82, 2.24) is 10.3 Å². The molecule has 1 aromatic carbocycles. The van der Waals surface area contributed by atoms with Gasteiger partial charge in [0.05, 0.1) is 12.2 Å². The molecule has 1 aromatic heterocycles. The summed E-state index contributed by atoms with van der Waals surface area (Å²) in [5.41, 5.74) is 4.96. The highest BCUT2D eigenvalue weighted by Crippen LogP contribution is 2.26. The number of nitrogens with zero attached hydrogens (tertiary/aromatic N) is 2. The van der Waals surface area contributed by atoms with Gasteiger partial charge < -0.3 is 10.2 Å². The summed E-state index contributed by atoms with van der Waals surface area (Å²) < 4.78 is 0. The molecule has 0 fully saturated rings. The standard InChI is InChI=1S/C20H25N3O2/c1-14-11-15(2)20(16(3)12-14)23(17(4)24)10-8-19(25)22-13-18-7-5-6-9-21-18/h5-7,9,11-12H,8,10,13H2,1-4H3,(H,22,25). The van der Waals surface area contributed by atoms with Crippen molar-refractivity contribution in [2.24, 2.45) is 0 Å². The van der Waals surface area contributed by atoms with Gasteiger partial charge in [-0.25, -0.2) is 0 Å². The maximum atomic E-state index is 12.1. The van der Waals surface area contributed by atoms with Crippen molar-refractivity contribution in [1.29, 1.82) is 0 Å². The lowest BCUT2D eigenvalue weighted by Crippen LogP contribution is -2.34. The van der Waals surface area contributed by atoms with Crippen LogP contribution < -0.4 is 10.2 Å². The predicted molar refractivity (Wildman–Crippen MR) is 99.4 cm³/mol. The molecule has 0 aliphatic heterocycles. The van der Waals surface area contributed by atoms with E-state index in [-0.39, 0.29) is 18.2 Å². The highest BCUT2D eigenvalue weighted by molar-refractivity contribution is 5.94. The van der Waals surface area contributed by atoms with Gasteiger partial charge in [-0.1, -0.05) is 23.8 Å². The van der Waals surface area contributed by atoms with E-state index in [0.29, 0.717) is 13.1 Å². The van der Waals surface area contributed by atoms with Crippen LogP contribution in [0.3, 0.4) is 0 Å². The van der Waals surface area contributed by atoms with E-state index in [9.17, 15) is 9.59 Å². The fourth-order valence-electron chi connectivity index (χ4n) is 3.02. The largest absolute Gasteiger partial charge is 0.350 e. The molecule has 0 radical (unpaired) electrons. The molecular formula is C20H25N3O2. The molecule has 132 valence electrons. The normalized spacial score (nSPS) is 10.4. The molecule has 1 N–H and O–H groups in total. The Labute approximate surface area is 149 Å². The molecule has 0 atom stereocenters. The maximum Gasteiger partial charge on any atom is 0.223 e. The van der Waals surface area contributed by atoms with Crippen molar-refractivity contribution < 1.29 is 9.59 Å². The molecule has 0 saturated heterocycles. The average molecular weight is 339 g/mol. The third-order valence-corrected chi connectivity index (χ3v) is 4.04. The van der Waals surface area contributed by atoms with Crippen LogP contribution in [0.4, 0.5) is 5.69 Å². The van der Waals surface area contributed by atoms with E-state index in [4.69, 9.17) is 0 Å². The molecule has 0 saturated carbocycles. The zero-order valence-electron chi connectivity index (χ0n) is 15.3. The van der Waals surface area contributed by atoms with Crippen molar-refractivity contribution in [3.8, 4) is 0 Å². The minimum atomic E-state index is -0.0979. The molecule has 1 heterocycles. The van der Waals surface area contributed by atoms with Crippen LogP contribution in [-0.4, -0.2) is 23.3 Å². The Balaban J connectivity index is 2.01. The van der Waals surface area contributed by atoms with Gasteiger partial charge in [0.15, 0.2) is 0 Å². The van der Waals surface area contributed by atoms with E-state index in [1.807, 2.05) is 39.0 Å². The van der Waals surface area contributed by atoms with Gasteiger partial charge >= 0.3 is 0 Å². The van der Waals surface area contributed by atoms with E-state index in [1.165, 1.54) is 6.92 Å². The van der Waals surface area contributed by atoms with Crippen LogP contribution in [0, 0.1) is 20.8 Å².